The second-order valence-corrected chi connectivity index (χ2v) is 9.18. The number of methoxy groups -OCH3 is 1. The lowest BCUT2D eigenvalue weighted by Gasteiger charge is -2.38. The van der Waals surface area contributed by atoms with E-state index in [4.69, 9.17) is 24.3 Å². The van der Waals surface area contributed by atoms with Gasteiger partial charge >= 0.3 is 8.25 Å². The Hall–Kier alpha value is -2.53. The maximum absolute atomic E-state index is 12.3. The molecule has 0 amide bonds. The van der Waals surface area contributed by atoms with Crippen molar-refractivity contribution in [1.82, 2.24) is 19.5 Å². The maximum Gasteiger partial charge on any atom is 0.697 e. The Morgan fingerprint density at radius 3 is 2.97 bits per heavy atom. The van der Waals surface area contributed by atoms with Gasteiger partial charge in [0.1, 0.15) is 43.3 Å². The Bertz CT molecular complexity index is 1100. The number of nitrogen functional groups attached to an aromatic ring is 1. The van der Waals surface area contributed by atoms with Gasteiger partial charge in [-0.05, 0) is 24.1 Å². The summed E-state index contributed by atoms with van der Waals surface area (Å²) in [5, 5.41) is 11.2. The molecule has 4 rings (SSSR count). The van der Waals surface area contributed by atoms with Gasteiger partial charge in [0.2, 0.25) is 0 Å². The molecule has 3 aromatic rings. The third-order valence-corrected chi connectivity index (χ3v) is 6.67. The minimum absolute atomic E-state index is 0.00139. The summed E-state index contributed by atoms with van der Waals surface area (Å²) < 4.78 is 36.4. The largest absolute Gasteiger partial charge is 0.697 e. The topological polar surface area (TPSA) is 144 Å². The number of fused-ring (bicyclic) bond motifs is 1. The summed E-state index contributed by atoms with van der Waals surface area (Å²) in [6.07, 6.45) is 5.55. The normalized spacial score (nSPS) is 24.3. The molecule has 1 saturated heterocycles. The van der Waals surface area contributed by atoms with Crippen LogP contribution >= 0.6 is 8.25 Å². The monoisotopic (exact) mass is 490 g/mol. The Labute approximate surface area is 198 Å². The van der Waals surface area contributed by atoms with Gasteiger partial charge in [-0.3, -0.25) is 4.98 Å². The molecule has 1 aliphatic rings. The number of hydrogen-bond acceptors (Lipinski definition) is 10. The maximum atomic E-state index is 12.3. The molecule has 182 valence electrons. The zero-order valence-electron chi connectivity index (χ0n) is 19.1. The van der Waals surface area contributed by atoms with Crippen LogP contribution in [0.2, 0.25) is 0 Å². The summed E-state index contributed by atoms with van der Waals surface area (Å²) in [5.74, 6) is 0.391. The summed E-state index contributed by atoms with van der Waals surface area (Å²) in [6, 6.07) is 5.57. The van der Waals surface area contributed by atoms with Crippen molar-refractivity contribution in [3.63, 3.8) is 0 Å². The average Bonchev–Trinajstić information content (AvgIpc) is 3.27. The number of nitrogens with two attached hydrogens (primary N) is 1. The molecule has 1 fully saturated rings. The quantitative estimate of drug-likeness (QED) is 0.407. The van der Waals surface area contributed by atoms with E-state index in [-0.39, 0.29) is 25.2 Å². The van der Waals surface area contributed by atoms with Crippen molar-refractivity contribution in [1.29, 1.82) is 0 Å². The fraction of sp³-hybridized carbons (Fsp3) is 0.500. The van der Waals surface area contributed by atoms with Crippen LogP contribution in [0.4, 0.5) is 5.82 Å². The van der Waals surface area contributed by atoms with E-state index in [2.05, 4.69) is 15.0 Å². The average molecular weight is 490 g/mol. The van der Waals surface area contributed by atoms with Gasteiger partial charge in [0.05, 0.1) is 17.6 Å². The fourth-order valence-electron chi connectivity index (χ4n) is 4.13. The van der Waals surface area contributed by atoms with Crippen LogP contribution in [0.1, 0.15) is 37.7 Å². The molecule has 0 spiro atoms. The van der Waals surface area contributed by atoms with Crippen molar-refractivity contribution >= 4 is 25.1 Å². The summed E-state index contributed by atoms with van der Waals surface area (Å²) in [4.78, 5) is 12.4. The molecule has 6 atom stereocenters. The number of hydrogen-bond donors (Lipinski definition) is 2. The summed E-state index contributed by atoms with van der Waals surface area (Å²) in [7, 11) is -0.789. The molecule has 12 heteroatoms. The predicted octanol–water partition coefficient (Wildman–Crippen LogP) is 3.16. The third kappa shape index (κ3) is 5.57. The van der Waals surface area contributed by atoms with Crippen molar-refractivity contribution < 1.29 is 28.2 Å². The van der Waals surface area contributed by atoms with Gasteiger partial charge in [-0.15, -0.1) is 9.05 Å². The van der Waals surface area contributed by atoms with Gasteiger partial charge < -0.3 is 24.9 Å². The number of pyridine rings is 1. The summed E-state index contributed by atoms with van der Waals surface area (Å²) >= 11 is 0. The molecule has 3 aromatic heterocycles. The second kappa shape index (κ2) is 11.3. The van der Waals surface area contributed by atoms with Gasteiger partial charge in [-0.25, -0.2) is 9.97 Å². The molecule has 1 unspecified atom stereocenters. The Morgan fingerprint density at radius 1 is 1.35 bits per heavy atom. The molecular weight excluding hydrogens is 461 g/mol. The molecule has 1 aliphatic heterocycles. The molecule has 4 heterocycles. The first kappa shape index (κ1) is 24.6. The van der Waals surface area contributed by atoms with Crippen LogP contribution < -0.4 is 5.73 Å². The van der Waals surface area contributed by atoms with Crippen molar-refractivity contribution in [2.24, 2.45) is 5.92 Å². The molecule has 0 saturated carbocycles. The number of aromatic nitrogens is 4. The van der Waals surface area contributed by atoms with E-state index in [0.717, 1.165) is 10.9 Å². The number of nitrogens with zero attached hydrogens (tertiary/aromatic N) is 4. The highest BCUT2D eigenvalue weighted by Crippen LogP contribution is 2.36. The van der Waals surface area contributed by atoms with E-state index < -0.39 is 26.7 Å². The first-order valence-electron chi connectivity index (χ1n) is 11.0. The van der Waals surface area contributed by atoms with Crippen LogP contribution in [0.15, 0.2) is 43.1 Å². The van der Waals surface area contributed by atoms with E-state index >= 15 is 0 Å². The van der Waals surface area contributed by atoms with Gasteiger partial charge in [0.15, 0.2) is 0 Å². The van der Waals surface area contributed by atoms with Crippen LogP contribution in [0, 0.1) is 5.92 Å². The first-order chi connectivity index (χ1) is 16.5. The van der Waals surface area contributed by atoms with Crippen molar-refractivity contribution in [2.45, 2.75) is 44.3 Å². The van der Waals surface area contributed by atoms with Crippen molar-refractivity contribution in [3.8, 4) is 0 Å². The van der Waals surface area contributed by atoms with Crippen LogP contribution in [0.3, 0.4) is 0 Å². The Balaban J connectivity index is 1.30. The highest BCUT2D eigenvalue weighted by molar-refractivity contribution is 7.33. The molecular formula is C22H29N5O6P+. The highest BCUT2D eigenvalue weighted by Gasteiger charge is 2.38. The van der Waals surface area contributed by atoms with E-state index in [1.54, 1.807) is 19.5 Å². The number of aliphatic hydroxyl groups is 1. The molecule has 0 aromatic carbocycles. The minimum atomic E-state index is -2.39. The molecule has 0 bridgehead atoms. The van der Waals surface area contributed by atoms with Crippen molar-refractivity contribution in [2.75, 3.05) is 26.1 Å². The summed E-state index contributed by atoms with van der Waals surface area (Å²) in [5.41, 5.74) is 7.50. The highest BCUT2D eigenvalue weighted by atomic mass is 31.1. The zero-order valence-corrected chi connectivity index (χ0v) is 20.0. The lowest BCUT2D eigenvalue weighted by Crippen LogP contribution is -2.43. The van der Waals surface area contributed by atoms with Gasteiger partial charge in [0.25, 0.3) is 0 Å². The van der Waals surface area contributed by atoms with E-state index in [1.807, 2.05) is 35.9 Å². The number of ether oxygens (including phenoxy) is 2. The number of aliphatic hydroxyl groups excluding tert-OH is 1. The molecule has 0 radical (unpaired) electrons. The van der Waals surface area contributed by atoms with Gasteiger partial charge in [0, 0.05) is 42.6 Å². The van der Waals surface area contributed by atoms with E-state index in [0.29, 0.717) is 24.3 Å². The zero-order chi connectivity index (χ0) is 24.1. The predicted molar refractivity (Wildman–Crippen MR) is 124 cm³/mol. The molecule has 3 N–H and O–H groups in total. The number of anilines is 1. The fourth-order valence-corrected chi connectivity index (χ4v) is 4.73. The molecule has 11 nitrogen and oxygen atoms in total. The summed E-state index contributed by atoms with van der Waals surface area (Å²) in [6.45, 7) is 2.08. The van der Waals surface area contributed by atoms with Gasteiger partial charge in [-0.1, -0.05) is 13.0 Å². The Morgan fingerprint density at radius 2 is 2.21 bits per heavy atom. The van der Waals surface area contributed by atoms with E-state index in [9.17, 15) is 9.67 Å². The molecule has 34 heavy (non-hydrogen) atoms. The third-order valence-electron chi connectivity index (χ3n) is 5.92. The first-order valence-corrected chi connectivity index (χ1v) is 12.1. The van der Waals surface area contributed by atoms with E-state index in [1.165, 1.54) is 6.33 Å². The lowest BCUT2D eigenvalue weighted by atomic mass is 9.95. The SMILES string of the molecule is CO[C@H](CCO[P+](=O)OC[C@H]1O[C@@H](n2ccc3c(N)ncnc32)[C@H](C)C[C@@H]1O)c1cccnc1. The Kier molecular flexibility index (Phi) is 8.15. The van der Waals surface area contributed by atoms with Crippen molar-refractivity contribution in [3.05, 3.63) is 48.7 Å². The van der Waals surface area contributed by atoms with Crippen LogP contribution in [0.5, 0.6) is 0 Å². The lowest BCUT2D eigenvalue weighted by molar-refractivity contribution is -0.179. The van der Waals surface area contributed by atoms with Gasteiger partial charge in [-0.2, -0.15) is 0 Å². The second-order valence-electron chi connectivity index (χ2n) is 8.22. The van der Waals surface area contributed by atoms with Crippen LogP contribution in [-0.2, 0) is 23.1 Å². The smallest absolute Gasteiger partial charge is 0.390 e. The van der Waals surface area contributed by atoms with Crippen LogP contribution in [0.25, 0.3) is 11.0 Å². The van der Waals surface area contributed by atoms with Crippen LogP contribution in [-0.4, -0.2) is 57.2 Å². The molecule has 0 aliphatic carbocycles. The number of rotatable bonds is 10. The minimum Gasteiger partial charge on any atom is -0.390 e. The standard InChI is InChI=1S/C22H29N5O6P/c1-14-10-17(28)19(33-22(14)27-8-5-16-20(23)25-13-26-21(16)27)12-32-34(29)31-9-6-18(30-2)15-4-3-7-24-11-15/h3-5,7-8,11,13-14,17-19,22,28H,6,9-10,12H2,1-2H3,(H2,23,25,26)/q+1/t14-,17+,18-,19-,22-/m1/s1.